The number of nitrogens with zero attached hydrogens (tertiary/aromatic N) is 4. The Kier molecular flexibility index (Phi) is 6.81. The topological polar surface area (TPSA) is 53.4 Å². The van der Waals surface area contributed by atoms with E-state index in [0.717, 1.165) is 32.5 Å². The Hall–Kier alpha value is -2.18. The molecule has 0 radical (unpaired) electrons. The van der Waals surface area contributed by atoms with E-state index in [0.29, 0.717) is 24.2 Å². The lowest BCUT2D eigenvalue weighted by atomic mass is 9.95. The Morgan fingerprint density at radius 3 is 2.47 bits per heavy atom. The van der Waals surface area contributed by atoms with Crippen molar-refractivity contribution in [2.24, 2.45) is 0 Å². The summed E-state index contributed by atoms with van der Waals surface area (Å²) in [5, 5.41) is 3.19. The van der Waals surface area contributed by atoms with Crippen molar-refractivity contribution in [1.29, 1.82) is 0 Å². The zero-order chi connectivity index (χ0) is 23.8. The highest BCUT2D eigenvalue weighted by molar-refractivity contribution is 5.73. The lowest BCUT2D eigenvalue weighted by Gasteiger charge is -2.41. The average Bonchev–Trinajstić information content (AvgIpc) is 3.27. The number of hydrogen-bond donors (Lipinski definition) is 1. The number of aromatic nitrogens is 2. The fourth-order valence-corrected chi connectivity index (χ4v) is 6.81. The largest absolute Gasteiger partial charge is 0.349 e. The van der Waals surface area contributed by atoms with Gasteiger partial charge in [0, 0.05) is 57.1 Å². The molecule has 3 aliphatic heterocycles. The molecule has 6 nitrogen and oxygen atoms in total. The number of aryl methyl sites for hydroxylation is 1. The second-order valence-corrected chi connectivity index (χ2v) is 10.9. The van der Waals surface area contributed by atoms with Crippen molar-refractivity contribution in [3.8, 4) is 0 Å². The molecule has 184 valence electrons. The van der Waals surface area contributed by atoms with Crippen LogP contribution < -0.4 is 5.32 Å². The van der Waals surface area contributed by atoms with E-state index in [9.17, 15) is 4.79 Å². The van der Waals surface area contributed by atoms with Gasteiger partial charge in [0.1, 0.15) is 5.82 Å². The summed E-state index contributed by atoms with van der Waals surface area (Å²) in [6, 6.07) is 12.9. The van der Waals surface area contributed by atoms with Crippen LogP contribution in [0.4, 0.5) is 0 Å². The van der Waals surface area contributed by atoms with Crippen LogP contribution in [0.5, 0.6) is 0 Å². The number of fused-ring (bicyclic) bond motifs is 3. The third-order valence-corrected chi connectivity index (χ3v) is 8.47. The summed E-state index contributed by atoms with van der Waals surface area (Å²) >= 11 is 0. The van der Waals surface area contributed by atoms with Crippen molar-refractivity contribution in [1.82, 2.24) is 24.7 Å². The first-order valence-electron chi connectivity index (χ1n) is 13.3. The van der Waals surface area contributed by atoms with Gasteiger partial charge in [-0.2, -0.15) is 0 Å². The fourth-order valence-electron chi connectivity index (χ4n) is 6.81. The summed E-state index contributed by atoms with van der Waals surface area (Å²) in [5.41, 5.74) is 4.02. The number of nitrogens with one attached hydrogen (secondary N) is 1. The van der Waals surface area contributed by atoms with E-state index in [1.165, 1.54) is 48.5 Å². The molecule has 0 saturated carbocycles. The predicted octanol–water partition coefficient (Wildman–Crippen LogP) is 4.39. The molecule has 0 aliphatic carbocycles. The maximum atomic E-state index is 11.9. The van der Waals surface area contributed by atoms with Crippen molar-refractivity contribution in [3.05, 3.63) is 53.1 Å². The summed E-state index contributed by atoms with van der Waals surface area (Å²) in [7, 11) is 0. The molecule has 2 saturated heterocycles. The van der Waals surface area contributed by atoms with E-state index in [2.05, 4.69) is 64.7 Å². The Morgan fingerprint density at radius 2 is 1.82 bits per heavy atom. The van der Waals surface area contributed by atoms with Gasteiger partial charge in [-0.1, -0.05) is 30.3 Å². The first-order chi connectivity index (χ1) is 16.4. The third-order valence-electron chi connectivity index (χ3n) is 8.47. The molecule has 5 rings (SSSR count). The monoisotopic (exact) mass is 463 g/mol. The number of carbonyl (C=O) groups excluding carboxylic acids is 1. The van der Waals surface area contributed by atoms with E-state index in [1.807, 2.05) is 6.07 Å². The quantitative estimate of drug-likeness (QED) is 0.662. The Labute approximate surface area is 204 Å². The molecular weight excluding hydrogens is 422 g/mol. The van der Waals surface area contributed by atoms with Crippen LogP contribution in [-0.2, 0) is 17.8 Å². The van der Waals surface area contributed by atoms with Crippen molar-refractivity contribution >= 4 is 5.91 Å². The molecule has 3 aliphatic rings. The average molecular weight is 464 g/mol. The van der Waals surface area contributed by atoms with E-state index < -0.39 is 0 Å². The van der Waals surface area contributed by atoms with Crippen LogP contribution in [0, 0.1) is 6.92 Å². The minimum Gasteiger partial charge on any atom is -0.349 e. The SMILES string of the molecule is CC(=O)N[C@@H](CCN1[C@@H]2CC[C@H]1CC(n1c(C)nc3c1CN(C(C)C)CC3)C2)c1ccccc1. The van der Waals surface area contributed by atoms with Crippen molar-refractivity contribution < 1.29 is 4.79 Å². The van der Waals surface area contributed by atoms with Crippen LogP contribution in [0.15, 0.2) is 30.3 Å². The second kappa shape index (κ2) is 9.82. The molecule has 4 heterocycles. The fraction of sp³-hybridized carbons (Fsp3) is 0.643. The Bertz CT molecular complexity index is 986. The lowest BCUT2D eigenvalue weighted by molar-refractivity contribution is -0.119. The van der Waals surface area contributed by atoms with Gasteiger partial charge in [-0.25, -0.2) is 4.98 Å². The third kappa shape index (κ3) is 4.67. The van der Waals surface area contributed by atoms with Gasteiger partial charge in [0.15, 0.2) is 0 Å². The molecule has 34 heavy (non-hydrogen) atoms. The number of imidazole rings is 1. The molecule has 2 fully saturated rings. The number of rotatable bonds is 7. The molecule has 0 spiro atoms. The highest BCUT2D eigenvalue weighted by Crippen LogP contribution is 2.43. The molecule has 2 aromatic rings. The van der Waals surface area contributed by atoms with Gasteiger partial charge in [-0.05, 0) is 58.4 Å². The molecule has 1 amide bonds. The summed E-state index contributed by atoms with van der Waals surface area (Å²) in [6.45, 7) is 11.7. The van der Waals surface area contributed by atoms with Gasteiger partial charge in [0.25, 0.3) is 0 Å². The van der Waals surface area contributed by atoms with Crippen molar-refractivity contribution in [3.63, 3.8) is 0 Å². The number of amides is 1. The Balaban J connectivity index is 1.28. The summed E-state index contributed by atoms with van der Waals surface area (Å²) in [5.74, 6) is 1.26. The van der Waals surface area contributed by atoms with Crippen LogP contribution in [0.1, 0.15) is 87.7 Å². The van der Waals surface area contributed by atoms with Gasteiger partial charge in [-0.3, -0.25) is 14.6 Å². The van der Waals surface area contributed by atoms with Gasteiger partial charge in [-0.15, -0.1) is 0 Å². The second-order valence-electron chi connectivity index (χ2n) is 10.9. The maximum Gasteiger partial charge on any atom is 0.217 e. The normalized spacial score (nSPS) is 26.0. The zero-order valence-electron chi connectivity index (χ0n) is 21.3. The minimum atomic E-state index is 0.0475. The summed E-state index contributed by atoms with van der Waals surface area (Å²) in [4.78, 5) is 22.2. The van der Waals surface area contributed by atoms with Crippen molar-refractivity contribution in [2.75, 3.05) is 13.1 Å². The van der Waals surface area contributed by atoms with Crippen LogP contribution in [0.25, 0.3) is 0 Å². The van der Waals surface area contributed by atoms with Gasteiger partial charge < -0.3 is 9.88 Å². The molecule has 6 heteroatoms. The zero-order valence-corrected chi connectivity index (χ0v) is 21.3. The first-order valence-corrected chi connectivity index (χ1v) is 13.3. The highest BCUT2D eigenvalue weighted by Gasteiger charge is 2.42. The molecule has 4 atom stereocenters. The van der Waals surface area contributed by atoms with E-state index >= 15 is 0 Å². The van der Waals surface area contributed by atoms with Crippen LogP contribution >= 0.6 is 0 Å². The number of carbonyl (C=O) groups is 1. The predicted molar refractivity (Wildman–Crippen MR) is 136 cm³/mol. The molecule has 2 bridgehead atoms. The smallest absolute Gasteiger partial charge is 0.217 e. The number of hydrogen-bond acceptors (Lipinski definition) is 4. The van der Waals surface area contributed by atoms with E-state index in [1.54, 1.807) is 6.92 Å². The number of benzene rings is 1. The van der Waals surface area contributed by atoms with Gasteiger partial charge in [0.2, 0.25) is 5.91 Å². The molecule has 1 N–H and O–H groups in total. The first kappa shape index (κ1) is 23.6. The summed E-state index contributed by atoms with van der Waals surface area (Å²) < 4.78 is 2.62. The molecular formula is C28H41N5O. The molecule has 1 aromatic carbocycles. The standard InChI is InChI=1S/C28H41N5O/c1-19(2)31-14-12-27-28(18-31)33(20(3)29-27)25-16-23-10-11-24(17-25)32(23)15-13-26(30-21(4)34)22-8-6-5-7-9-22/h5-9,19,23-26H,10-18H2,1-4H3,(H,30,34)/t23-,24+,25?,26-/m0/s1. The number of piperidine rings is 1. The van der Waals surface area contributed by atoms with Crippen LogP contribution in [-0.4, -0.2) is 56.5 Å². The van der Waals surface area contributed by atoms with E-state index in [-0.39, 0.29) is 11.9 Å². The van der Waals surface area contributed by atoms with Crippen molar-refractivity contribution in [2.45, 2.75) is 103 Å². The minimum absolute atomic E-state index is 0.0475. The summed E-state index contributed by atoms with van der Waals surface area (Å²) in [6.07, 6.45) is 7.08. The van der Waals surface area contributed by atoms with Gasteiger partial charge >= 0.3 is 0 Å². The highest BCUT2D eigenvalue weighted by atomic mass is 16.1. The van der Waals surface area contributed by atoms with Crippen LogP contribution in [0.2, 0.25) is 0 Å². The van der Waals surface area contributed by atoms with Crippen LogP contribution in [0.3, 0.4) is 0 Å². The molecule has 1 aromatic heterocycles. The molecule has 1 unspecified atom stereocenters. The van der Waals surface area contributed by atoms with Gasteiger partial charge in [0.05, 0.1) is 17.4 Å². The maximum absolute atomic E-state index is 11.9. The van der Waals surface area contributed by atoms with E-state index in [4.69, 9.17) is 4.98 Å². The lowest BCUT2D eigenvalue weighted by Crippen LogP contribution is -2.45. The Morgan fingerprint density at radius 1 is 1.12 bits per heavy atom.